The van der Waals surface area contributed by atoms with Gasteiger partial charge in [-0.15, -0.1) is 10.2 Å². The summed E-state index contributed by atoms with van der Waals surface area (Å²) in [6.45, 7) is 0. The normalized spacial score (nSPS) is 10.5. The molecule has 3 rings (SSSR count). The Balaban J connectivity index is 1.75. The Kier molecular flexibility index (Phi) is 5.02. The molecule has 0 atom stereocenters. The first kappa shape index (κ1) is 16.4. The highest BCUT2D eigenvalue weighted by Gasteiger charge is 2.11. The van der Waals surface area contributed by atoms with E-state index in [1.807, 2.05) is 54.6 Å². The van der Waals surface area contributed by atoms with Gasteiger partial charge in [0.2, 0.25) is 11.0 Å². The van der Waals surface area contributed by atoms with Gasteiger partial charge < -0.3 is 11.2 Å². The van der Waals surface area contributed by atoms with Crippen LogP contribution in [-0.4, -0.2) is 14.9 Å². The molecule has 0 bridgehead atoms. The highest BCUT2D eigenvalue weighted by molar-refractivity contribution is 7.98. The number of nitrogens with two attached hydrogens (primary N) is 1. The van der Waals surface area contributed by atoms with Crippen molar-refractivity contribution in [3.63, 3.8) is 0 Å². The number of thioether (sulfide) groups is 1. The van der Waals surface area contributed by atoms with Gasteiger partial charge in [0, 0.05) is 16.5 Å². The third-order valence-electron chi connectivity index (χ3n) is 3.18. The molecule has 0 fully saturated rings. The van der Waals surface area contributed by atoms with Crippen molar-refractivity contribution in [2.45, 2.75) is 10.9 Å². The average Bonchev–Trinajstić information content (AvgIpc) is 2.61. The standard InChI is InChI=1S/C16H14ClN5OS/c17-12-8-6-11(7-9-12)10-24-16-21-20-14(15(23)22(16)18)19-13-4-2-1-3-5-13/h1-9H,10,18H2,(H,19,20). The molecule has 8 heteroatoms. The molecule has 6 nitrogen and oxygen atoms in total. The van der Waals surface area contributed by atoms with Gasteiger partial charge in [-0.3, -0.25) is 4.79 Å². The number of hydrogen-bond acceptors (Lipinski definition) is 6. The number of para-hydroxylation sites is 1. The Hall–Kier alpha value is -2.51. The minimum absolute atomic E-state index is 0.0829. The van der Waals surface area contributed by atoms with Crippen LogP contribution in [0.2, 0.25) is 5.02 Å². The smallest absolute Gasteiger partial charge is 0.315 e. The van der Waals surface area contributed by atoms with Gasteiger partial charge in [-0.2, -0.15) is 4.68 Å². The summed E-state index contributed by atoms with van der Waals surface area (Å²) in [6, 6.07) is 16.7. The topological polar surface area (TPSA) is 85.8 Å². The molecule has 122 valence electrons. The maximum Gasteiger partial charge on any atom is 0.315 e. The largest absolute Gasteiger partial charge is 0.334 e. The molecule has 3 aromatic rings. The fourth-order valence-electron chi connectivity index (χ4n) is 1.95. The summed E-state index contributed by atoms with van der Waals surface area (Å²) in [4.78, 5) is 12.3. The van der Waals surface area contributed by atoms with E-state index in [0.29, 0.717) is 15.9 Å². The van der Waals surface area contributed by atoms with E-state index in [9.17, 15) is 4.79 Å². The van der Waals surface area contributed by atoms with Crippen LogP contribution in [0.3, 0.4) is 0 Å². The molecular weight excluding hydrogens is 346 g/mol. The number of hydrogen-bond donors (Lipinski definition) is 2. The van der Waals surface area contributed by atoms with Gasteiger partial charge in [0.05, 0.1) is 0 Å². The quantitative estimate of drug-likeness (QED) is 0.538. The van der Waals surface area contributed by atoms with Crippen LogP contribution < -0.4 is 16.7 Å². The highest BCUT2D eigenvalue weighted by Crippen LogP contribution is 2.20. The van der Waals surface area contributed by atoms with E-state index >= 15 is 0 Å². The summed E-state index contributed by atoms with van der Waals surface area (Å²) in [5.74, 6) is 6.53. The summed E-state index contributed by atoms with van der Waals surface area (Å²) < 4.78 is 0.999. The summed E-state index contributed by atoms with van der Waals surface area (Å²) in [5, 5.41) is 11.9. The molecule has 0 aliphatic heterocycles. The van der Waals surface area contributed by atoms with Crippen molar-refractivity contribution < 1.29 is 0 Å². The maximum absolute atomic E-state index is 12.3. The fourth-order valence-corrected chi connectivity index (χ4v) is 2.88. The Morgan fingerprint density at radius 3 is 2.50 bits per heavy atom. The van der Waals surface area contributed by atoms with Crippen LogP contribution >= 0.6 is 23.4 Å². The Labute approximate surface area is 147 Å². The number of nitrogens with one attached hydrogen (secondary N) is 1. The third-order valence-corrected chi connectivity index (χ3v) is 4.45. The molecule has 0 aliphatic rings. The molecular formula is C16H14ClN5OS. The molecule has 0 saturated carbocycles. The van der Waals surface area contributed by atoms with Crippen LogP contribution in [-0.2, 0) is 5.75 Å². The zero-order valence-electron chi connectivity index (χ0n) is 12.5. The van der Waals surface area contributed by atoms with Crippen molar-refractivity contribution in [1.29, 1.82) is 0 Å². The summed E-state index contributed by atoms with van der Waals surface area (Å²) >= 11 is 7.19. The number of nitrogen functional groups attached to an aromatic ring is 1. The van der Waals surface area contributed by atoms with Crippen LogP contribution in [0.25, 0.3) is 0 Å². The molecule has 0 radical (unpaired) electrons. The summed E-state index contributed by atoms with van der Waals surface area (Å²) in [7, 11) is 0. The van der Waals surface area contributed by atoms with Gasteiger partial charge in [-0.1, -0.05) is 53.7 Å². The van der Waals surface area contributed by atoms with Gasteiger partial charge in [-0.05, 0) is 29.8 Å². The van der Waals surface area contributed by atoms with Crippen LogP contribution in [0.15, 0.2) is 64.5 Å². The molecule has 0 aliphatic carbocycles. The molecule has 2 aromatic carbocycles. The number of rotatable bonds is 5. The monoisotopic (exact) mass is 359 g/mol. The molecule has 0 saturated heterocycles. The molecule has 1 aromatic heterocycles. The van der Waals surface area contributed by atoms with Crippen LogP contribution in [0.4, 0.5) is 11.5 Å². The lowest BCUT2D eigenvalue weighted by molar-refractivity contribution is 0.705. The lowest BCUT2D eigenvalue weighted by Gasteiger charge is -2.09. The van der Waals surface area contributed by atoms with Crippen molar-refractivity contribution in [2.75, 3.05) is 11.2 Å². The fraction of sp³-hybridized carbons (Fsp3) is 0.0625. The summed E-state index contributed by atoms with van der Waals surface area (Å²) in [5.41, 5.74) is 1.35. The van der Waals surface area contributed by atoms with Crippen molar-refractivity contribution in [3.05, 3.63) is 75.5 Å². The molecule has 24 heavy (non-hydrogen) atoms. The predicted molar refractivity (Wildman–Crippen MR) is 97.2 cm³/mol. The predicted octanol–water partition coefficient (Wildman–Crippen LogP) is 3.04. The second-order valence-corrected chi connectivity index (χ2v) is 6.29. The Morgan fingerprint density at radius 2 is 1.79 bits per heavy atom. The highest BCUT2D eigenvalue weighted by atomic mass is 35.5. The number of nitrogens with zero attached hydrogens (tertiary/aromatic N) is 3. The average molecular weight is 360 g/mol. The van der Waals surface area contributed by atoms with Crippen molar-refractivity contribution >= 4 is 34.9 Å². The molecule has 1 heterocycles. The van der Waals surface area contributed by atoms with Gasteiger partial charge in [0.25, 0.3) is 0 Å². The third kappa shape index (κ3) is 3.87. The van der Waals surface area contributed by atoms with E-state index in [4.69, 9.17) is 17.4 Å². The van der Waals surface area contributed by atoms with E-state index in [1.165, 1.54) is 11.8 Å². The zero-order chi connectivity index (χ0) is 16.9. The number of aromatic nitrogens is 3. The molecule has 0 unspecified atom stereocenters. The number of anilines is 2. The first-order chi connectivity index (χ1) is 11.6. The molecule has 3 N–H and O–H groups in total. The Bertz CT molecular complexity index is 883. The second-order valence-electron chi connectivity index (χ2n) is 4.91. The first-order valence-electron chi connectivity index (χ1n) is 7.07. The lowest BCUT2D eigenvalue weighted by atomic mass is 10.2. The molecule has 0 amide bonds. The van der Waals surface area contributed by atoms with Gasteiger partial charge in [0.1, 0.15) is 0 Å². The van der Waals surface area contributed by atoms with E-state index < -0.39 is 5.56 Å². The van der Waals surface area contributed by atoms with E-state index in [-0.39, 0.29) is 5.82 Å². The van der Waals surface area contributed by atoms with Crippen LogP contribution in [0.1, 0.15) is 5.56 Å². The minimum Gasteiger partial charge on any atom is -0.334 e. The van der Waals surface area contributed by atoms with Gasteiger partial charge in [0.15, 0.2) is 0 Å². The zero-order valence-corrected chi connectivity index (χ0v) is 14.1. The molecule has 0 spiro atoms. The first-order valence-corrected chi connectivity index (χ1v) is 8.44. The Morgan fingerprint density at radius 1 is 1.08 bits per heavy atom. The van der Waals surface area contributed by atoms with Crippen molar-refractivity contribution in [1.82, 2.24) is 14.9 Å². The van der Waals surface area contributed by atoms with Crippen molar-refractivity contribution in [3.8, 4) is 0 Å². The van der Waals surface area contributed by atoms with Gasteiger partial charge in [-0.25, -0.2) is 0 Å². The minimum atomic E-state index is -0.438. The number of halogens is 1. The van der Waals surface area contributed by atoms with Crippen LogP contribution in [0.5, 0.6) is 0 Å². The summed E-state index contributed by atoms with van der Waals surface area (Å²) in [6.07, 6.45) is 0. The van der Waals surface area contributed by atoms with Crippen LogP contribution in [0, 0.1) is 0 Å². The van der Waals surface area contributed by atoms with Crippen molar-refractivity contribution in [2.24, 2.45) is 0 Å². The van der Waals surface area contributed by atoms with Gasteiger partial charge >= 0.3 is 5.56 Å². The van der Waals surface area contributed by atoms with E-state index in [2.05, 4.69) is 15.5 Å². The van der Waals surface area contributed by atoms with E-state index in [0.717, 1.165) is 15.9 Å². The second kappa shape index (κ2) is 7.37. The maximum atomic E-state index is 12.3. The SMILES string of the molecule is Nn1c(SCc2ccc(Cl)cc2)nnc(Nc2ccccc2)c1=O. The number of benzene rings is 2. The lowest BCUT2D eigenvalue weighted by Crippen LogP contribution is -2.32. The van der Waals surface area contributed by atoms with E-state index in [1.54, 1.807) is 0 Å².